The van der Waals surface area contributed by atoms with Crippen LogP contribution in [0.25, 0.3) is 0 Å². The average Bonchev–Trinajstić information content (AvgIpc) is 2.52. The molecule has 0 spiro atoms. The zero-order valence-corrected chi connectivity index (χ0v) is 11.1. The molecule has 0 saturated heterocycles. The zero-order chi connectivity index (χ0) is 15.1. The average molecular weight is 287 g/mol. The number of aromatic nitrogens is 3. The van der Waals surface area contributed by atoms with Crippen molar-refractivity contribution in [2.75, 3.05) is 6.61 Å². The molecular formula is C14H13N3O4. The number of rotatable bonds is 6. The van der Waals surface area contributed by atoms with Crippen molar-refractivity contribution in [3.63, 3.8) is 0 Å². The predicted octanol–water partition coefficient (Wildman–Crippen LogP) is 1.36. The predicted molar refractivity (Wildman–Crippen MR) is 71.8 cm³/mol. The molecule has 0 aliphatic heterocycles. The van der Waals surface area contributed by atoms with Crippen LogP contribution in [0.1, 0.15) is 33.0 Å². The monoisotopic (exact) mass is 287 g/mol. The van der Waals surface area contributed by atoms with E-state index in [9.17, 15) is 9.59 Å². The Hall–Kier alpha value is -2.83. The Morgan fingerprint density at radius 3 is 2.38 bits per heavy atom. The summed E-state index contributed by atoms with van der Waals surface area (Å²) in [4.78, 5) is 33.9. The lowest BCUT2D eigenvalue weighted by molar-refractivity contribution is 0.0481. The third-order valence-electron chi connectivity index (χ3n) is 2.69. The Labute approximate surface area is 120 Å². The molecule has 7 heteroatoms. The van der Waals surface area contributed by atoms with E-state index < -0.39 is 17.6 Å². The summed E-state index contributed by atoms with van der Waals surface area (Å²) in [7, 11) is 0. The number of carbonyl (C=O) groups excluding carboxylic acids is 1. The number of carboxylic acid groups (broad SMARTS) is 1. The van der Waals surface area contributed by atoms with Gasteiger partial charge in [-0.2, -0.15) is 0 Å². The largest absolute Gasteiger partial charge is 0.476 e. The molecule has 0 aromatic carbocycles. The standard InChI is InChI=1S/C14H13N3O4/c18-13(19)11-12(17-8-7-16-11)14(20)21-9-1-2-10-3-5-15-6-4-10/h3-8H,1-2,9H2,(H,18,19). The van der Waals surface area contributed by atoms with E-state index in [0.29, 0.717) is 6.42 Å². The van der Waals surface area contributed by atoms with Gasteiger partial charge >= 0.3 is 11.9 Å². The van der Waals surface area contributed by atoms with Gasteiger partial charge in [-0.15, -0.1) is 0 Å². The van der Waals surface area contributed by atoms with E-state index in [1.807, 2.05) is 12.1 Å². The fraction of sp³-hybridized carbons (Fsp3) is 0.214. The van der Waals surface area contributed by atoms with E-state index in [1.165, 1.54) is 12.4 Å². The van der Waals surface area contributed by atoms with Gasteiger partial charge in [0.25, 0.3) is 0 Å². The van der Waals surface area contributed by atoms with Gasteiger partial charge in [-0.05, 0) is 30.5 Å². The maximum atomic E-state index is 11.8. The van der Waals surface area contributed by atoms with Crippen molar-refractivity contribution in [2.45, 2.75) is 12.8 Å². The fourth-order valence-electron chi connectivity index (χ4n) is 1.70. The van der Waals surface area contributed by atoms with E-state index in [0.717, 1.165) is 12.0 Å². The van der Waals surface area contributed by atoms with Crippen LogP contribution in [0.5, 0.6) is 0 Å². The molecule has 0 unspecified atom stereocenters. The number of aromatic carboxylic acids is 1. The van der Waals surface area contributed by atoms with Gasteiger partial charge in [-0.3, -0.25) is 4.98 Å². The molecule has 2 aromatic rings. The smallest absolute Gasteiger partial charge is 0.359 e. The molecule has 0 radical (unpaired) electrons. The molecule has 2 rings (SSSR count). The van der Waals surface area contributed by atoms with Crippen LogP contribution in [-0.2, 0) is 11.2 Å². The van der Waals surface area contributed by atoms with Crippen molar-refractivity contribution in [3.05, 3.63) is 53.9 Å². The third-order valence-corrected chi connectivity index (χ3v) is 2.69. The van der Waals surface area contributed by atoms with Crippen LogP contribution in [-0.4, -0.2) is 38.6 Å². The Morgan fingerprint density at radius 1 is 1.05 bits per heavy atom. The van der Waals surface area contributed by atoms with Crippen LogP contribution in [0.15, 0.2) is 36.9 Å². The SMILES string of the molecule is O=C(O)c1nccnc1C(=O)OCCCc1ccncc1. The number of carbonyl (C=O) groups is 2. The van der Waals surface area contributed by atoms with Crippen molar-refractivity contribution >= 4 is 11.9 Å². The number of hydrogen-bond donors (Lipinski definition) is 1. The third kappa shape index (κ3) is 4.07. The molecule has 7 nitrogen and oxygen atoms in total. The molecule has 0 aliphatic rings. The lowest BCUT2D eigenvalue weighted by atomic mass is 10.1. The number of pyridine rings is 1. The Kier molecular flexibility index (Phi) is 4.92. The van der Waals surface area contributed by atoms with Crippen LogP contribution >= 0.6 is 0 Å². The number of esters is 1. The molecule has 0 saturated carbocycles. The van der Waals surface area contributed by atoms with Gasteiger partial charge in [0.1, 0.15) is 0 Å². The lowest BCUT2D eigenvalue weighted by Crippen LogP contribution is -2.16. The summed E-state index contributed by atoms with van der Waals surface area (Å²) >= 11 is 0. The van der Waals surface area contributed by atoms with Gasteiger partial charge in [-0.25, -0.2) is 19.6 Å². The number of hydrogen-bond acceptors (Lipinski definition) is 6. The minimum Gasteiger partial charge on any atom is -0.476 e. The van der Waals surface area contributed by atoms with Crippen LogP contribution in [0.2, 0.25) is 0 Å². The van der Waals surface area contributed by atoms with Gasteiger partial charge in [0.2, 0.25) is 0 Å². The first-order valence-corrected chi connectivity index (χ1v) is 6.29. The number of ether oxygens (including phenoxy) is 1. The molecule has 0 amide bonds. The van der Waals surface area contributed by atoms with Gasteiger partial charge in [-0.1, -0.05) is 0 Å². The minimum absolute atomic E-state index is 0.177. The van der Waals surface area contributed by atoms with Gasteiger partial charge in [0.15, 0.2) is 11.4 Å². The van der Waals surface area contributed by atoms with E-state index >= 15 is 0 Å². The molecule has 0 aliphatic carbocycles. The maximum absolute atomic E-state index is 11.8. The molecule has 2 heterocycles. The first kappa shape index (κ1) is 14.6. The second-order valence-corrected chi connectivity index (χ2v) is 4.15. The number of nitrogens with zero attached hydrogens (tertiary/aromatic N) is 3. The topological polar surface area (TPSA) is 102 Å². The highest BCUT2D eigenvalue weighted by Crippen LogP contribution is 2.06. The second-order valence-electron chi connectivity index (χ2n) is 4.15. The summed E-state index contributed by atoms with van der Waals surface area (Å²) in [6.45, 7) is 0.177. The van der Waals surface area contributed by atoms with Crippen molar-refractivity contribution < 1.29 is 19.4 Å². The van der Waals surface area contributed by atoms with Gasteiger partial charge in [0.05, 0.1) is 6.61 Å². The van der Waals surface area contributed by atoms with E-state index in [1.54, 1.807) is 12.4 Å². The molecular weight excluding hydrogens is 274 g/mol. The van der Waals surface area contributed by atoms with Crippen molar-refractivity contribution in [3.8, 4) is 0 Å². The fourth-order valence-corrected chi connectivity index (χ4v) is 1.70. The normalized spacial score (nSPS) is 10.1. The maximum Gasteiger partial charge on any atom is 0.359 e. The number of carboxylic acids is 1. The quantitative estimate of drug-likeness (QED) is 0.632. The zero-order valence-electron chi connectivity index (χ0n) is 11.1. The Balaban J connectivity index is 1.86. The molecule has 2 aromatic heterocycles. The summed E-state index contributed by atoms with van der Waals surface area (Å²) in [5.41, 5.74) is 0.400. The first-order chi connectivity index (χ1) is 10.2. The van der Waals surface area contributed by atoms with Gasteiger partial charge in [0, 0.05) is 24.8 Å². The highest BCUT2D eigenvalue weighted by Gasteiger charge is 2.20. The van der Waals surface area contributed by atoms with Crippen molar-refractivity contribution in [1.29, 1.82) is 0 Å². The van der Waals surface area contributed by atoms with Crippen molar-refractivity contribution in [2.24, 2.45) is 0 Å². The molecule has 1 N–H and O–H groups in total. The summed E-state index contributed by atoms with van der Waals surface area (Å²) in [5, 5.41) is 8.92. The van der Waals surface area contributed by atoms with Crippen LogP contribution < -0.4 is 0 Å². The molecule has 0 bridgehead atoms. The van der Waals surface area contributed by atoms with Crippen LogP contribution in [0.3, 0.4) is 0 Å². The molecule has 0 atom stereocenters. The highest BCUT2D eigenvalue weighted by atomic mass is 16.5. The van der Waals surface area contributed by atoms with E-state index in [2.05, 4.69) is 15.0 Å². The molecule has 0 fully saturated rings. The summed E-state index contributed by atoms with van der Waals surface area (Å²) in [6.07, 6.45) is 7.21. The Bertz CT molecular complexity index is 631. The lowest BCUT2D eigenvalue weighted by Gasteiger charge is -2.05. The van der Waals surface area contributed by atoms with E-state index in [4.69, 9.17) is 9.84 Å². The minimum atomic E-state index is -1.31. The highest BCUT2D eigenvalue weighted by molar-refractivity contribution is 5.99. The number of aryl methyl sites for hydroxylation is 1. The summed E-state index contributed by atoms with van der Waals surface area (Å²) < 4.78 is 5.02. The molecule has 108 valence electrons. The Morgan fingerprint density at radius 2 is 1.71 bits per heavy atom. The van der Waals surface area contributed by atoms with Crippen LogP contribution in [0.4, 0.5) is 0 Å². The summed E-state index contributed by atoms with van der Waals surface area (Å²) in [6, 6.07) is 3.76. The van der Waals surface area contributed by atoms with Gasteiger partial charge < -0.3 is 9.84 Å². The van der Waals surface area contributed by atoms with Crippen LogP contribution in [0, 0.1) is 0 Å². The summed E-state index contributed by atoms with van der Waals surface area (Å²) in [5.74, 6) is -2.10. The van der Waals surface area contributed by atoms with E-state index in [-0.39, 0.29) is 12.3 Å². The first-order valence-electron chi connectivity index (χ1n) is 6.29. The van der Waals surface area contributed by atoms with Crippen molar-refractivity contribution in [1.82, 2.24) is 15.0 Å². The second kappa shape index (κ2) is 7.09. The molecule has 21 heavy (non-hydrogen) atoms.